The largest absolute Gasteiger partial charge is 0.291 e. The summed E-state index contributed by atoms with van der Waals surface area (Å²) in [5.41, 5.74) is 7.87. The summed E-state index contributed by atoms with van der Waals surface area (Å²) >= 11 is 1.61. The molecule has 0 aliphatic heterocycles. The lowest BCUT2D eigenvalue weighted by Gasteiger charge is -2.13. The van der Waals surface area contributed by atoms with Gasteiger partial charge >= 0.3 is 0 Å². The van der Waals surface area contributed by atoms with Crippen molar-refractivity contribution in [1.29, 1.82) is 0 Å². The summed E-state index contributed by atoms with van der Waals surface area (Å²) in [6.07, 6.45) is 0.625. The molecule has 0 radical (unpaired) electrons. The van der Waals surface area contributed by atoms with Crippen LogP contribution in [0.2, 0.25) is 0 Å². The highest BCUT2D eigenvalue weighted by Crippen LogP contribution is 2.23. The molecule has 1 heterocycles. The molecule has 1 aromatic heterocycles. The van der Waals surface area contributed by atoms with Gasteiger partial charge in [0.25, 0.3) is 5.56 Å². The van der Waals surface area contributed by atoms with Gasteiger partial charge in [-0.3, -0.25) is 9.36 Å². The minimum atomic E-state index is 0.0494. The Morgan fingerprint density at radius 3 is 2.41 bits per heavy atom. The van der Waals surface area contributed by atoms with E-state index >= 15 is 0 Å². The van der Waals surface area contributed by atoms with Crippen LogP contribution < -0.4 is 5.56 Å². The molecule has 0 aliphatic rings. The first-order valence-electron chi connectivity index (χ1n) is 9.16. The monoisotopic (exact) mass is 378 g/mol. The molecule has 2 aromatic carbocycles. The molecule has 0 saturated carbocycles. The number of nitrogens with zero attached hydrogens (tertiary/aromatic N) is 2. The Morgan fingerprint density at radius 1 is 0.963 bits per heavy atom. The minimum Gasteiger partial charge on any atom is -0.291 e. The summed E-state index contributed by atoms with van der Waals surface area (Å²) in [4.78, 5) is 17.7. The van der Waals surface area contributed by atoms with Gasteiger partial charge in [-0.1, -0.05) is 54.2 Å². The molecule has 4 heteroatoms. The lowest BCUT2D eigenvalue weighted by atomic mass is 10.0. The highest BCUT2D eigenvalue weighted by atomic mass is 32.2. The minimum absolute atomic E-state index is 0.0494. The summed E-state index contributed by atoms with van der Waals surface area (Å²) in [5, 5.41) is 0.768. The third kappa shape index (κ3) is 4.33. The molecule has 0 aliphatic carbocycles. The van der Waals surface area contributed by atoms with E-state index in [1.165, 1.54) is 27.8 Å². The number of hydrogen-bond donors (Lipinski definition) is 0. The fraction of sp³-hybridized carbons (Fsp3) is 0.304. The summed E-state index contributed by atoms with van der Waals surface area (Å²) in [6.45, 7) is 8.27. The normalized spacial score (nSPS) is 11.0. The van der Waals surface area contributed by atoms with E-state index in [1.54, 1.807) is 16.3 Å². The van der Waals surface area contributed by atoms with Gasteiger partial charge in [0.15, 0.2) is 5.16 Å². The first-order chi connectivity index (χ1) is 12.9. The Bertz CT molecular complexity index is 1040. The molecule has 0 amide bonds. The topological polar surface area (TPSA) is 34.9 Å². The van der Waals surface area contributed by atoms with E-state index < -0.39 is 0 Å². The molecule has 0 bridgehead atoms. The van der Waals surface area contributed by atoms with Crippen LogP contribution in [0.1, 0.15) is 39.1 Å². The van der Waals surface area contributed by atoms with Crippen LogP contribution in [-0.2, 0) is 19.2 Å². The van der Waals surface area contributed by atoms with Gasteiger partial charge in [0.1, 0.15) is 0 Å². The number of hydrogen-bond acceptors (Lipinski definition) is 3. The second-order valence-corrected chi connectivity index (χ2v) is 8.08. The van der Waals surface area contributed by atoms with Gasteiger partial charge in [0.2, 0.25) is 0 Å². The first kappa shape index (κ1) is 19.4. The van der Waals surface area contributed by atoms with Crippen molar-refractivity contribution >= 4 is 11.8 Å². The fourth-order valence-corrected chi connectivity index (χ4v) is 4.06. The first-order valence-corrected chi connectivity index (χ1v) is 10.2. The smallest absolute Gasteiger partial charge is 0.257 e. The van der Waals surface area contributed by atoms with E-state index in [9.17, 15) is 4.79 Å². The van der Waals surface area contributed by atoms with Crippen LogP contribution in [0.25, 0.3) is 0 Å². The van der Waals surface area contributed by atoms with Gasteiger partial charge in [0, 0.05) is 30.5 Å². The van der Waals surface area contributed by atoms with Crippen molar-refractivity contribution < 1.29 is 0 Å². The quantitative estimate of drug-likeness (QED) is 0.468. The third-order valence-corrected chi connectivity index (χ3v) is 6.22. The molecule has 0 unspecified atom stereocenters. The van der Waals surface area contributed by atoms with E-state index in [0.717, 1.165) is 22.2 Å². The number of thioether (sulfide) groups is 1. The van der Waals surface area contributed by atoms with E-state index in [1.807, 2.05) is 26.1 Å². The Kier molecular flexibility index (Phi) is 5.85. The second kappa shape index (κ2) is 8.13. The van der Waals surface area contributed by atoms with Gasteiger partial charge in [0.05, 0.1) is 0 Å². The predicted molar refractivity (Wildman–Crippen MR) is 114 cm³/mol. The van der Waals surface area contributed by atoms with Crippen molar-refractivity contribution in [3.63, 3.8) is 0 Å². The Hall–Kier alpha value is -2.33. The van der Waals surface area contributed by atoms with E-state index in [-0.39, 0.29) is 5.56 Å². The molecule has 3 aromatic rings. The molecular weight excluding hydrogens is 352 g/mol. The molecule has 27 heavy (non-hydrogen) atoms. The van der Waals surface area contributed by atoms with Gasteiger partial charge < -0.3 is 0 Å². The number of rotatable bonds is 5. The SMILES string of the molecule is Cc1ccc(CSc2nc(C)c(Cc3ccccc3C)c(=O)n2C)cc1C. The van der Waals surface area contributed by atoms with E-state index in [4.69, 9.17) is 4.98 Å². The Morgan fingerprint density at radius 2 is 1.70 bits per heavy atom. The predicted octanol–water partition coefficient (Wildman–Crippen LogP) is 4.90. The zero-order valence-electron chi connectivity index (χ0n) is 16.7. The van der Waals surface area contributed by atoms with Crippen molar-refractivity contribution in [3.8, 4) is 0 Å². The average Bonchev–Trinajstić information content (AvgIpc) is 2.65. The summed E-state index contributed by atoms with van der Waals surface area (Å²) in [6, 6.07) is 14.7. The van der Waals surface area contributed by atoms with Crippen molar-refractivity contribution in [2.24, 2.45) is 7.05 Å². The van der Waals surface area contributed by atoms with Gasteiger partial charge in [-0.05, 0) is 55.5 Å². The van der Waals surface area contributed by atoms with Gasteiger partial charge in [-0.15, -0.1) is 0 Å². The molecule has 0 saturated heterocycles. The maximum absolute atomic E-state index is 12.9. The van der Waals surface area contributed by atoms with E-state index in [0.29, 0.717) is 6.42 Å². The second-order valence-electron chi connectivity index (χ2n) is 7.13. The highest BCUT2D eigenvalue weighted by molar-refractivity contribution is 7.98. The lowest BCUT2D eigenvalue weighted by molar-refractivity contribution is 0.683. The Labute approximate surface area is 165 Å². The number of aryl methyl sites for hydroxylation is 4. The average molecular weight is 379 g/mol. The van der Waals surface area contributed by atoms with Crippen molar-refractivity contribution in [1.82, 2.24) is 9.55 Å². The number of benzene rings is 2. The summed E-state index contributed by atoms with van der Waals surface area (Å²) in [7, 11) is 1.82. The lowest BCUT2D eigenvalue weighted by Crippen LogP contribution is -2.26. The molecule has 3 nitrogen and oxygen atoms in total. The standard InChI is InChI=1S/C23H26N2OS/c1-15-10-11-19(12-17(15)3)14-27-23-24-18(4)21(22(26)25(23)5)13-20-9-7-6-8-16(20)2/h6-12H,13-14H2,1-5H3. The molecule has 0 atom stereocenters. The van der Waals surface area contributed by atoms with Crippen LogP contribution in [0, 0.1) is 27.7 Å². The molecular formula is C23H26N2OS. The highest BCUT2D eigenvalue weighted by Gasteiger charge is 2.14. The van der Waals surface area contributed by atoms with Crippen LogP contribution in [-0.4, -0.2) is 9.55 Å². The zero-order chi connectivity index (χ0) is 19.6. The zero-order valence-corrected chi connectivity index (χ0v) is 17.5. The molecule has 0 spiro atoms. The van der Waals surface area contributed by atoms with Crippen molar-refractivity contribution in [2.75, 3.05) is 0 Å². The van der Waals surface area contributed by atoms with Crippen LogP contribution in [0.3, 0.4) is 0 Å². The van der Waals surface area contributed by atoms with Crippen molar-refractivity contribution in [2.45, 2.75) is 45.0 Å². The van der Waals surface area contributed by atoms with Crippen LogP contribution in [0.5, 0.6) is 0 Å². The number of aromatic nitrogens is 2. The maximum atomic E-state index is 12.9. The third-order valence-electron chi connectivity index (χ3n) is 5.12. The molecule has 140 valence electrons. The van der Waals surface area contributed by atoms with Crippen LogP contribution in [0.15, 0.2) is 52.4 Å². The molecule has 3 rings (SSSR count). The van der Waals surface area contributed by atoms with Crippen molar-refractivity contribution in [3.05, 3.63) is 91.9 Å². The van der Waals surface area contributed by atoms with Crippen LogP contribution in [0.4, 0.5) is 0 Å². The Balaban J connectivity index is 1.85. The summed E-state index contributed by atoms with van der Waals surface area (Å²) in [5.74, 6) is 0.804. The summed E-state index contributed by atoms with van der Waals surface area (Å²) < 4.78 is 1.69. The van der Waals surface area contributed by atoms with E-state index in [2.05, 4.69) is 51.1 Å². The molecule has 0 N–H and O–H groups in total. The maximum Gasteiger partial charge on any atom is 0.257 e. The fourth-order valence-electron chi connectivity index (χ4n) is 3.10. The van der Waals surface area contributed by atoms with Crippen LogP contribution >= 0.6 is 11.8 Å². The van der Waals surface area contributed by atoms with Gasteiger partial charge in [-0.2, -0.15) is 0 Å². The van der Waals surface area contributed by atoms with Gasteiger partial charge in [-0.25, -0.2) is 4.98 Å². The molecule has 0 fully saturated rings.